The molecule has 0 radical (unpaired) electrons. The largest absolute Gasteiger partial charge is 0.494 e. The number of hydrogen-bond acceptors (Lipinski definition) is 3. The number of fused-ring (bicyclic) bond motifs is 1. The predicted molar refractivity (Wildman–Crippen MR) is 112 cm³/mol. The molecule has 0 saturated carbocycles. The van der Waals surface area contributed by atoms with Crippen LogP contribution in [0.5, 0.6) is 5.75 Å². The van der Waals surface area contributed by atoms with E-state index in [1.165, 1.54) is 0 Å². The average Bonchev–Trinajstić information content (AvgIpc) is 2.70. The van der Waals surface area contributed by atoms with Crippen molar-refractivity contribution in [1.29, 1.82) is 0 Å². The minimum Gasteiger partial charge on any atom is -0.494 e. The number of H-pyrrole nitrogens is 1. The number of nitrogens with one attached hydrogen (secondary N) is 2. The minimum atomic E-state index is -0.0910. The Morgan fingerprint density at radius 2 is 1.89 bits per heavy atom. The summed E-state index contributed by atoms with van der Waals surface area (Å²) in [7, 11) is 0. The summed E-state index contributed by atoms with van der Waals surface area (Å²) < 4.78 is 5.58. The summed E-state index contributed by atoms with van der Waals surface area (Å²) >= 11 is 0. The molecular formula is C23H26N2O3. The van der Waals surface area contributed by atoms with Crippen LogP contribution in [0.1, 0.15) is 29.5 Å². The molecule has 5 heteroatoms. The molecule has 2 N–H and O–H groups in total. The van der Waals surface area contributed by atoms with Crippen LogP contribution in [0.3, 0.4) is 0 Å². The van der Waals surface area contributed by atoms with Crippen molar-refractivity contribution in [2.45, 2.75) is 33.1 Å². The van der Waals surface area contributed by atoms with E-state index in [4.69, 9.17) is 4.74 Å². The summed E-state index contributed by atoms with van der Waals surface area (Å²) in [6.45, 7) is 4.98. The van der Waals surface area contributed by atoms with E-state index in [0.29, 0.717) is 38.0 Å². The molecule has 1 aromatic heterocycles. The molecule has 2 aromatic carbocycles. The van der Waals surface area contributed by atoms with Gasteiger partial charge in [0.05, 0.1) is 12.1 Å². The molecule has 0 fully saturated rings. The first kappa shape index (κ1) is 19.7. The van der Waals surface area contributed by atoms with E-state index >= 15 is 0 Å². The van der Waals surface area contributed by atoms with E-state index < -0.39 is 0 Å². The Hall–Kier alpha value is -3.08. The number of aryl methyl sites for hydroxylation is 2. The molecule has 3 rings (SSSR count). The zero-order valence-corrected chi connectivity index (χ0v) is 16.4. The highest BCUT2D eigenvalue weighted by atomic mass is 16.5. The van der Waals surface area contributed by atoms with Crippen LogP contribution >= 0.6 is 0 Å². The molecule has 0 aliphatic rings. The molecule has 28 heavy (non-hydrogen) atoms. The normalized spacial score (nSPS) is 10.8. The Labute approximate surface area is 164 Å². The van der Waals surface area contributed by atoms with E-state index in [9.17, 15) is 9.59 Å². The van der Waals surface area contributed by atoms with Gasteiger partial charge in [-0.1, -0.05) is 30.3 Å². The zero-order chi connectivity index (χ0) is 19.9. The lowest BCUT2D eigenvalue weighted by Crippen LogP contribution is -2.27. The van der Waals surface area contributed by atoms with Crippen LogP contribution in [-0.2, 0) is 11.2 Å². The lowest BCUT2D eigenvalue weighted by Gasteiger charge is -2.09. The van der Waals surface area contributed by atoms with Crippen molar-refractivity contribution in [3.05, 3.63) is 75.6 Å². The summed E-state index contributed by atoms with van der Waals surface area (Å²) in [5.74, 6) is 0.782. The van der Waals surface area contributed by atoms with E-state index in [1.54, 1.807) is 0 Å². The second-order valence-corrected chi connectivity index (χ2v) is 6.96. The van der Waals surface area contributed by atoms with Crippen LogP contribution in [-0.4, -0.2) is 24.0 Å². The maximum Gasteiger partial charge on any atom is 0.251 e. The van der Waals surface area contributed by atoms with Crippen LogP contribution in [0.25, 0.3) is 10.9 Å². The number of amides is 1. The Kier molecular flexibility index (Phi) is 6.48. The maximum absolute atomic E-state index is 12.3. The highest BCUT2D eigenvalue weighted by molar-refractivity contribution is 5.83. The third kappa shape index (κ3) is 5.00. The van der Waals surface area contributed by atoms with E-state index in [2.05, 4.69) is 16.4 Å². The second-order valence-electron chi connectivity index (χ2n) is 6.96. The van der Waals surface area contributed by atoms with E-state index in [0.717, 1.165) is 27.8 Å². The van der Waals surface area contributed by atoms with Crippen LogP contribution in [0.15, 0.2) is 53.3 Å². The van der Waals surface area contributed by atoms with Gasteiger partial charge in [0.25, 0.3) is 5.56 Å². The van der Waals surface area contributed by atoms with Crippen LogP contribution in [0, 0.1) is 13.8 Å². The van der Waals surface area contributed by atoms with Crippen molar-refractivity contribution in [2.75, 3.05) is 13.2 Å². The molecule has 0 aliphatic heterocycles. The van der Waals surface area contributed by atoms with Gasteiger partial charge in [0.15, 0.2) is 0 Å². The average molecular weight is 378 g/mol. The fourth-order valence-corrected chi connectivity index (χ4v) is 3.12. The minimum absolute atomic E-state index is 0.0275. The van der Waals surface area contributed by atoms with Gasteiger partial charge in [-0.3, -0.25) is 9.59 Å². The molecule has 3 aromatic rings. The summed E-state index contributed by atoms with van der Waals surface area (Å²) in [6, 6.07) is 15.5. The second kappa shape index (κ2) is 9.22. The Balaban J connectivity index is 1.45. The first-order chi connectivity index (χ1) is 13.5. The van der Waals surface area contributed by atoms with Gasteiger partial charge in [-0.05, 0) is 61.4 Å². The fourth-order valence-electron chi connectivity index (χ4n) is 3.12. The summed E-state index contributed by atoms with van der Waals surface area (Å²) in [5, 5.41) is 3.89. The number of pyridine rings is 1. The van der Waals surface area contributed by atoms with E-state index in [1.807, 2.05) is 56.3 Å². The quantitative estimate of drug-likeness (QED) is 0.588. The number of carbonyl (C=O) groups is 1. The third-order valence-electron chi connectivity index (χ3n) is 4.90. The van der Waals surface area contributed by atoms with E-state index in [-0.39, 0.29) is 11.5 Å². The zero-order valence-electron chi connectivity index (χ0n) is 16.4. The fraction of sp³-hybridized carbons (Fsp3) is 0.304. The van der Waals surface area contributed by atoms with Gasteiger partial charge < -0.3 is 15.0 Å². The maximum atomic E-state index is 12.3. The van der Waals surface area contributed by atoms with Crippen molar-refractivity contribution in [1.82, 2.24) is 10.3 Å². The SMILES string of the molecule is Cc1ccc2cc(CCNC(=O)CCCOc3ccccc3)c(=O)[nH]c2c1C. The number of aromatic nitrogens is 1. The van der Waals surface area contributed by atoms with Gasteiger partial charge in [-0.25, -0.2) is 0 Å². The van der Waals surface area contributed by atoms with Crippen molar-refractivity contribution < 1.29 is 9.53 Å². The Morgan fingerprint density at radius 3 is 2.68 bits per heavy atom. The topological polar surface area (TPSA) is 71.2 Å². The smallest absolute Gasteiger partial charge is 0.251 e. The number of aromatic amines is 1. The number of rotatable bonds is 8. The van der Waals surface area contributed by atoms with Crippen molar-refractivity contribution in [3.8, 4) is 5.75 Å². The van der Waals surface area contributed by atoms with Gasteiger partial charge in [-0.2, -0.15) is 0 Å². The molecule has 146 valence electrons. The molecule has 0 unspecified atom stereocenters. The molecule has 5 nitrogen and oxygen atoms in total. The summed E-state index contributed by atoms with van der Waals surface area (Å²) in [4.78, 5) is 27.3. The first-order valence-electron chi connectivity index (χ1n) is 9.61. The Morgan fingerprint density at radius 1 is 1.11 bits per heavy atom. The molecule has 0 aliphatic carbocycles. The van der Waals surface area contributed by atoms with Crippen molar-refractivity contribution >= 4 is 16.8 Å². The summed E-state index contributed by atoms with van der Waals surface area (Å²) in [6.07, 6.45) is 1.56. The van der Waals surface area contributed by atoms with Crippen LogP contribution < -0.4 is 15.6 Å². The van der Waals surface area contributed by atoms with Crippen LogP contribution in [0.2, 0.25) is 0 Å². The molecule has 0 saturated heterocycles. The van der Waals surface area contributed by atoms with Gasteiger partial charge in [-0.15, -0.1) is 0 Å². The standard InChI is InChI=1S/C23H26N2O3/c1-16-10-11-18-15-19(23(27)25-22(18)17(16)2)12-13-24-21(26)9-6-14-28-20-7-4-3-5-8-20/h3-5,7-8,10-11,15H,6,9,12-14H2,1-2H3,(H,24,26)(H,25,27). The van der Waals surface area contributed by atoms with Gasteiger partial charge in [0, 0.05) is 18.5 Å². The molecule has 0 spiro atoms. The Bertz CT molecular complexity index is 1010. The highest BCUT2D eigenvalue weighted by Crippen LogP contribution is 2.18. The molecule has 0 bridgehead atoms. The lowest BCUT2D eigenvalue weighted by molar-refractivity contribution is -0.121. The molecule has 1 amide bonds. The third-order valence-corrected chi connectivity index (χ3v) is 4.90. The first-order valence-corrected chi connectivity index (χ1v) is 9.61. The number of benzene rings is 2. The number of para-hydroxylation sites is 1. The van der Waals surface area contributed by atoms with Gasteiger partial charge in [0.2, 0.25) is 5.91 Å². The molecular weight excluding hydrogens is 352 g/mol. The van der Waals surface area contributed by atoms with Gasteiger partial charge in [0.1, 0.15) is 5.75 Å². The number of carbonyl (C=O) groups excluding carboxylic acids is 1. The molecule has 0 atom stereocenters. The number of hydrogen-bond donors (Lipinski definition) is 2. The predicted octanol–water partition coefficient (Wildman–Crippen LogP) is 3.66. The highest BCUT2D eigenvalue weighted by Gasteiger charge is 2.07. The monoisotopic (exact) mass is 378 g/mol. The van der Waals surface area contributed by atoms with Gasteiger partial charge >= 0.3 is 0 Å². The summed E-state index contributed by atoms with van der Waals surface area (Å²) in [5.41, 5.74) is 3.72. The lowest BCUT2D eigenvalue weighted by atomic mass is 10.0. The van der Waals surface area contributed by atoms with Crippen molar-refractivity contribution in [2.24, 2.45) is 0 Å². The van der Waals surface area contributed by atoms with Crippen LogP contribution in [0.4, 0.5) is 0 Å². The molecule has 1 heterocycles. The van der Waals surface area contributed by atoms with Crippen molar-refractivity contribution in [3.63, 3.8) is 0 Å². The number of ether oxygens (including phenoxy) is 1.